The van der Waals surface area contributed by atoms with Crippen LogP contribution >= 0.6 is 23.5 Å². The number of hydrogen-bond acceptors (Lipinski definition) is 4. The average Bonchev–Trinajstić information content (AvgIpc) is 2.88. The highest BCUT2D eigenvalue weighted by molar-refractivity contribution is 8.14. The predicted molar refractivity (Wildman–Crippen MR) is 79.3 cm³/mol. The van der Waals surface area contributed by atoms with Crippen LogP contribution in [0.25, 0.3) is 0 Å². The van der Waals surface area contributed by atoms with Crippen molar-refractivity contribution in [3.8, 4) is 0 Å². The molecule has 0 bridgehead atoms. The van der Waals surface area contributed by atoms with Crippen molar-refractivity contribution in [3.63, 3.8) is 0 Å². The molecule has 4 heteroatoms. The molecular weight excluding hydrogens is 236 g/mol. The van der Waals surface area contributed by atoms with Crippen LogP contribution in [0.2, 0.25) is 0 Å². The van der Waals surface area contributed by atoms with Gasteiger partial charge in [0.05, 0.1) is 22.2 Å². The van der Waals surface area contributed by atoms with Gasteiger partial charge in [-0.05, 0) is 26.7 Å². The van der Waals surface area contributed by atoms with Crippen molar-refractivity contribution in [2.45, 2.75) is 52.6 Å². The van der Waals surface area contributed by atoms with Gasteiger partial charge < -0.3 is 0 Å². The first-order chi connectivity index (χ1) is 7.65. The van der Waals surface area contributed by atoms with Gasteiger partial charge in [0.15, 0.2) is 0 Å². The lowest BCUT2D eigenvalue weighted by Gasteiger charge is -1.95. The van der Waals surface area contributed by atoms with Gasteiger partial charge in [0.1, 0.15) is 0 Å². The molecule has 16 heavy (non-hydrogen) atoms. The van der Waals surface area contributed by atoms with Gasteiger partial charge in [-0.3, -0.25) is 9.98 Å². The van der Waals surface area contributed by atoms with E-state index in [1.165, 1.54) is 34.4 Å². The Labute approximate surface area is 108 Å². The van der Waals surface area contributed by atoms with Crippen LogP contribution in [0, 0.1) is 0 Å². The summed E-state index contributed by atoms with van der Waals surface area (Å²) in [5.41, 5.74) is 0. The van der Waals surface area contributed by atoms with Crippen molar-refractivity contribution in [2.24, 2.45) is 9.98 Å². The maximum atomic E-state index is 4.39. The third kappa shape index (κ3) is 4.91. The van der Waals surface area contributed by atoms with Gasteiger partial charge in [0.2, 0.25) is 0 Å². The second kappa shape index (κ2) is 7.38. The average molecular weight is 258 g/mol. The fourth-order valence-electron chi connectivity index (χ4n) is 1.52. The topological polar surface area (TPSA) is 24.7 Å². The molecule has 2 aliphatic rings. The van der Waals surface area contributed by atoms with E-state index in [4.69, 9.17) is 0 Å². The zero-order valence-electron chi connectivity index (χ0n) is 10.7. The molecule has 2 unspecified atom stereocenters. The molecule has 0 N–H and O–H groups in total. The first-order valence-electron chi connectivity index (χ1n) is 6.00. The van der Waals surface area contributed by atoms with Crippen molar-refractivity contribution < 1.29 is 0 Å². The Hall–Kier alpha value is 0.0400. The summed E-state index contributed by atoms with van der Waals surface area (Å²) in [5, 5.41) is 2.52. The molecule has 92 valence electrons. The van der Waals surface area contributed by atoms with Gasteiger partial charge in [-0.15, -0.1) is 23.5 Å². The summed E-state index contributed by atoms with van der Waals surface area (Å²) in [7, 11) is 0. The zero-order chi connectivity index (χ0) is 12.0. The van der Waals surface area contributed by atoms with E-state index in [0.29, 0.717) is 12.1 Å². The van der Waals surface area contributed by atoms with Gasteiger partial charge in [-0.2, -0.15) is 0 Å². The molecule has 0 aromatic carbocycles. The van der Waals surface area contributed by atoms with Crippen LogP contribution in [-0.4, -0.2) is 33.7 Å². The molecule has 0 spiro atoms. The molecular formula is C12H22N2S2. The van der Waals surface area contributed by atoms with Gasteiger partial charge in [-0.25, -0.2) is 0 Å². The molecule has 0 amide bonds. The van der Waals surface area contributed by atoms with Crippen LogP contribution in [-0.2, 0) is 0 Å². The number of hydrogen-bond donors (Lipinski definition) is 0. The molecule has 0 saturated heterocycles. The first-order valence-corrected chi connectivity index (χ1v) is 7.97. The Morgan fingerprint density at radius 2 is 1.31 bits per heavy atom. The number of aliphatic imine (C=N–C) groups is 2. The fourth-order valence-corrected chi connectivity index (χ4v) is 3.45. The Bertz CT molecular complexity index is 246. The Balaban J connectivity index is 0.000000160. The van der Waals surface area contributed by atoms with E-state index in [-0.39, 0.29) is 0 Å². The van der Waals surface area contributed by atoms with E-state index in [2.05, 4.69) is 37.7 Å². The van der Waals surface area contributed by atoms with E-state index in [9.17, 15) is 0 Å². The maximum absolute atomic E-state index is 4.39. The minimum atomic E-state index is 0.625. The second-order valence-corrected chi connectivity index (χ2v) is 6.47. The SMILES string of the molecule is CCC1CSC(C)=N1.CCC1CSC(C)=N1. The van der Waals surface area contributed by atoms with Crippen LogP contribution in [0.3, 0.4) is 0 Å². The third-order valence-corrected chi connectivity index (χ3v) is 4.79. The molecule has 2 nitrogen and oxygen atoms in total. The van der Waals surface area contributed by atoms with Crippen LogP contribution in [0.1, 0.15) is 40.5 Å². The molecule has 0 aromatic rings. The lowest BCUT2D eigenvalue weighted by atomic mass is 10.3. The summed E-state index contributed by atoms with van der Waals surface area (Å²) >= 11 is 3.76. The molecule has 2 aliphatic heterocycles. The summed E-state index contributed by atoms with van der Waals surface area (Å²) in [6, 6.07) is 1.25. The van der Waals surface area contributed by atoms with Crippen molar-refractivity contribution in [1.29, 1.82) is 0 Å². The van der Waals surface area contributed by atoms with E-state index in [1.54, 1.807) is 0 Å². The van der Waals surface area contributed by atoms with E-state index in [1.807, 2.05) is 23.5 Å². The monoisotopic (exact) mass is 258 g/mol. The summed E-state index contributed by atoms with van der Waals surface area (Å²) in [5.74, 6) is 2.42. The van der Waals surface area contributed by atoms with Crippen LogP contribution in [0.5, 0.6) is 0 Å². The summed E-state index contributed by atoms with van der Waals surface area (Å²) in [6.07, 6.45) is 2.40. The Morgan fingerprint density at radius 3 is 1.44 bits per heavy atom. The molecule has 0 aliphatic carbocycles. The fraction of sp³-hybridized carbons (Fsp3) is 0.833. The van der Waals surface area contributed by atoms with Gasteiger partial charge in [0.25, 0.3) is 0 Å². The highest BCUT2D eigenvalue weighted by atomic mass is 32.2. The van der Waals surface area contributed by atoms with Gasteiger partial charge in [0, 0.05) is 11.5 Å². The van der Waals surface area contributed by atoms with Gasteiger partial charge >= 0.3 is 0 Å². The zero-order valence-corrected chi connectivity index (χ0v) is 12.3. The van der Waals surface area contributed by atoms with Crippen LogP contribution < -0.4 is 0 Å². The van der Waals surface area contributed by atoms with Crippen molar-refractivity contribution in [1.82, 2.24) is 0 Å². The van der Waals surface area contributed by atoms with Crippen molar-refractivity contribution >= 4 is 33.6 Å². The third-order valence-electron chi connectivity index (χ3n) is 2.64. The van der Waals surface area contributed by atoms with Crippen LogP contribution in [0.15, 0.2) is 9.98 Å². The molecule has 2 atom stereocenters. The Kier molecular flexibility index (Phi) is 6.51. The second-order valence-electron chi connectivity index (χ2n) is 4.04. The molecule has 0 saturated carbocycles. The number of nitrogens with zero attached hydrogens (tertiary/aromatic N) is 2. The molecule has 2 heterocycles. The normalized spacial score (nSPS) is 28.2. The van der Waals surface area contributed by atoms with E-state index < -0.39 is 0 Å². The maximum Gasteiger partial charge on any atom is 0.0649 e. The van der Waals surface area contributed by atoms with Crippen LogP contribution in [0.4, 0.5) is 0 Å². The Morgan fingerprint density at radius 1 is 0.938 bits per heavy atom. The van der Waals surface area contributed by atoms with Gasteiger partial charge in [-0.1, -0.05) is 13.8 Å². The lowest BCUT2D eigenvalue weighted by Crippen LogP contribution is -1.99. The molecule has 0 radical (unpaired) electrons. The molecule has 0 aromatic heterocycles. The summed E-state index contributed by atoms with van der Waals surface area (Å²) < 4.78 is 0. The lowest BCUT2D eigenvalue weighted by molar-refractivity contribution is 0.737. The molecule has 0 fully saturated rings. The largest absolute Gasteiger partial charge is 0.279 e. The number of thioether (sulfide) groups is 2. The number of rotatable bonds is 2. The summed E-state index contributed by atoms with van der Waals surface area (Å²) in [4.78, 5) is 8.77. The standard InChI is InChI=1S/2C6H11NS/c2*1-3-6-4-8-5(2)7-6/h2*6H,3-4H2,1-2H3. The highest BCUT2D eigenvalue weighted by Gasteiger charge is 2.12. The minimum Gasteiger partial charge on any atom is -0.279 e. The van der Waals surface area contributed by atoms with Crippen molar-refractivity contribution in [3.05, 3.63) is 0 Å². The molecule has 2 rings (SSSR count). The van der Waals surface area contributed by atoms with E-state index >= 15 is 0 Å². The minimum absolute atomic E-state index is 0.625. The predicted octanol–water partition coefficient (Wildman–Crippen LogP) is 3.86. The van der Waals surface area contributed by atoms with E-state index in [0.717, 1.165) is 0 Å². The smallest absolute Gasteiger partial charge is 0.0649 e. The highest BCUT2D eigenvalue weighted by Crippen LogP contribution is 2.19. The summed E-state index contributed by atoms with van der Waals surface area (Å²) in [6.45, 7) is 8.54. The quantitative estimate of drug-likeness (QED) is 0.751. The van der Waals surface area contributed by atoms with Crippen molar-refractivity contribution in [2.75, 3.05) is 11.5 Å². The first kappa shape index (κ1) is 14.1.